The Morgan fingerprint density at radius 3 is 3.00 bits per heavy atom. The molecule has 1 N–H and O–H groups in total. The van der Waals surface area contributed by atoms with E-state index in [9.17, 15) is 4.79 Å². The first kappa shape index (κ1) is 8.07. The zero-order chi connectivity index (χ0) is 9.42. The molecule has 5 heteroatoms. The van der Waals surface area contributed by atoms with Crippen LogP contribution in [0.3, 0.4) is 0 Å². The molecule has 0 unspecified atom stereocenters. The van der Waals surface area contributed by atoms with E-state index < -0.39 is 5.97 Å². The van der Waals surface area contributed by atoms with Gasteiger partial charge in [-0.25, -0.2) is 9.78 Å². The molecule has 0 saturated heterocycles. The quantitative estimate of drug-likeness (QED) is 0.761. The summed E-state index contributed by atoms with van der Waals surface area (Å²) in [4.78, 5) is 14.3. The first-order chi connectivity index (χ1) is 6.16. The highest BCUT2D eigenvalue weighted by molar-refractivity contribution is 6.31. The maximum Gasteiger partial charge on any atom is 0.371 e. The molecule has 2 heterocycles. The topological polar surface area (TPSA) is 63.3 Å². The number of halogens is 1. The SMILES string of the molecule is O=C(O)c1cc2cc(Cl)cnc2o1. The van der Waals surface area contributed by atoms with E-state index in [4.69, 9.17) is 21.1 Å². The standard InChI is InChI=1S/C8H4ClNO3/c9-5-1-4-2-6(8(11)12)13-7(4)10-3-5/h1-3H,(H,11,12). The van der Waals surface area contributed by atoms with Crippen molar-refractivity contribution in [2.24, 2.45) is 0 Å². The fourth-order valence-corrected chi connectivity index (χ4v) is 1.18. The molecule has 0 atom stereocenters. The molecule has 0 aliphatic carbocycles. The van der Waals surface area contributed by atoms with Crippen LogP contribution in [0.1, 0.15) is 10.6 Å². The third kappa shape index (κ3) is 1.36. The van der Waals surface area contributed by atoms with Crippen LogP contribution in [0.2, 0.25) is 5.02 Å². The Labute approximate surface area is 77.8 Å². The van der Waals surface area contributed by atoms with E-state index in [1.54, 1.807) is 6.07 Å². The zero-order valence-corrected chi connectivity index (χ0v) is 7.08. The number of furan rings is 1. The first-order valence-corrected chi connectivity index (χ1v) is 3.83. The van der Waals surface area contributed by atoms with E-state index >= 15 is 0 Å². The van der Waals surface area contributed by atoms with Crippen LogP contribution in [-0.2, 0) is 0 Å². The highest BCUT2D eigenvalue weighted by Crippen LogP contribution is 2.20. The summed E-state index contributed by atoms with van der Waals surface area (Å²) in [6.07, 6.45) is 1.40. The van der Waals surface area contributed by atoms with Crippen LogP contribution >= 0.6 is 11.6 Å². The second kappa shape index (κ2) is 2.74. The second-order valence-corrected chi connectivity index (χ2v) is 2.90. The molecule has 4 nitrogen and oxygen atoms in total. The summed E-state index contributed by atoms with van der Waals surface area (Å²) in [5.74, 6) is -1.25. The average molecular weight is 198 g/mol. The average Bonchev–Trinajstić information content (AvgIpc) is 2.46. The minimum absolute atomic E-state index is 0.134. The second-order valence-electron chi connectivity index (χ2n) is 2.46. The van der Waals surface area contributed by atoms with Crippen molar-refractivity contribution < 1.29 is 14.3 Å². The molecule has 2 aromatic rings. The van der Waals surface area contributed by atoms with E-state index in [-0.39, 0.29) is 11.5 Å². The van der Waals surface area contributed by atoms with Gasteiger partial charge >= 0.3 is 5.97 Å². The van der Waals surface area contributed by atoms with E-state index in [1.165, 1.54) is 12.3 Å². The molecule has 0 radical (unpaired) electrons. The number of rotatable bonds is 1. The fraction of sp³-hybridized carbons (Fsp3) is 0. The highest BCUT2D eigenvalue weighted by Gasteiger charge is 2.10. The normalized spacial score (nSPS) is 10.5. The van der Waals surface area contributed by atoms with Crippen LogP contribution in [-0.4, -0.2) is 16.1 Å². The van der Waals surface area contributed by atoms with Gasteiger partial charge in [0, 0.05) is 17.6 Å². The Morgan fingerprint density at radius 1 is 1.54 bits per heavy atom. The third-order valence-corrected chi connectivity index (χ3v) is 1.76. The Balaban J connectivity index is 2.68. The van der Waals surface area contributed by atoms with Crippen LogP contribution in [0.5, 0.6) is 0 Å². The molecule has 0 saturated carbocycles. The van der Waals surface area contributed by atoms with E-state index in [0.29, 0.717) is 10.4 Å². The molecule has 0 aromatic carbocycles. The molecule has 0 fully saturated rings. The summed E-state index contributed by atoms with van der Waals surface area (Å²) in [5, 5.41) is 9.64. The predicted octanol–water partition coefficient (Wildman–Crippen LogP) is 2.18. The minimum atomic E-state index is -1.12. The number of aromatic carboxylic acids is 1. The number of carboxylic acids is 1. The molecular formula is C8H4ClNO3. The maximum absolute atomic E-state index is 10.5. The minimum Gasteiger partial charge on any atom is -0.475 e. The Hall–Kier alpha value is -1.55. The Bertz CT molecular complexity index is 477. The molecule has 66 valence electrons. The van der Waals surface area contributed by atoms with Crippen LogP contribution < -0.4 is 0 Å². The van der Waals surface area contributed by atoms with Gasteiger partial charge < -0.3 is 9.52 Å². The zero-order valence-electron chi connectivity index (χ0n) is 6.32. The van der Waals surface area contributed by atoms with Gasteiger partial charge in [-0.05, 0) is 6.07 Å². The summed E-state index contributed by atoms with van der Waals surface area (Å²) >= 11 is 5.66. The van der Waals surface area contributed by atoms with Gasteiger partial charge in [-0.2, -0.15) is 0 Å². The van der Waals surface area contributed by atoms with Crippen LogP contribution in [0.15, 0.2) is 22.7 Å². The van der Waals surface area contributed by atoms with Crippen LogP contribution in [0, 0.1) is 0 Å². The van der Waals surface area contributed by atoms with Crippen molar-refractivity contribution >= 4 is 28.7 Å². The number of pyridine rings is 1. The molecule has 13 heavy (non-hydrogen) atoms. The maximum atomic E-state index is 10.5. The fourth-order valence-electron chi connectivity index (χ4n) is 1.01. The predicted molar refractivity (Wildman–Crippen MR) is 46.0 cm³/mol. The Morgan fingerprint density at radius 2 is 2.31 bits per heavy atom. The number of fused-ring (bicyclic) bond motifs is 1. The number of nitrogens with zero attached hydrogens (tertiary/aromatic N) is 1. The number of hydrogen-bond acceptors (Lipinski definition) is 3. The van der Waals surface area contributed by atoms with Crippen molar-refractivity contribution in [3.63, 3.8) is 0 Å². The first-order valence-electron chi connectivity index (χ1n) is 3.45. The highest BCUT2D eigenvalue weighted by atomic mass is 35.5. The lowest BCUT2D eigenvalue weighted by Gasteiger charge is -1.86. The van der Waals surface area contributed by atoms with Crippen molar-refractivity contribution in [2.45, 2.75) is 0 Å². The summed E-state index contributed by atoms with van der Waals surface area (Å²) in [6.45, 7) is 0. The molecule has 2 aromatic heterocycles. The van der Waals surface area contributed by atoms with Crippen molar-refractivity contribution in [1.29, 1.82) is 0 Å². The molecular weight excluding hydrogens is 194 g/mol. The third-order valence-electron chi connectivity index (χ3n) is 1.55. The van der Waals surface area contributed by atoms with Crippen LogP contribution in [0.4, 0.5) is 0 Å². The van der Waals surface area contributed by atoms with Crippen molar-refractivity contribution in [3.8, 4) is 0 Å². The summed E-state index contributed by atoms with van der Waals surface area (Å²) in [5.41, 5.74) is 0.279. The molecule has 0 bridgehead atoms. The van der Waals surface area contributed by atoms with Gasteiger partial charge in [-0.1, -0.05) is 11.6 Å². The summed E-state index contributed by atoms with van der Waals surface area (Å²) in [6, 6.07) is 2.98. The largest absolute Gasteiger partial charge is 0.475 e. The monoisotopic (exact) mass is 197 g/mol. The van der Waals surface area contributed by atoms with Gasteiger partial charge in [-0.3, -0.25) is 0 Å². The van der Waals surface area contributed by atoms with Crippen LogP contribution in [0.25, 0.3) is 11.1 Å². The lowest BCUT2D eigenvalue weighted by molar-refractivity contribution is 0.0664. The van der Waals surface area contributed by atoms with Crippen molar-refractivity contribution in [2.75, 3.05) is 0 Å². The number of carboxylic acid groups (broad SMARTS) is 1. The molecule has 2 rings (SSSR count). The number of aromatic nitrogens is 1. The van der Waals surface area contributed by atoms with Gasteiger partial charge in [0.2, 0.25) is 11.5 Å². The van der Waals surface area contributed by atoms with Gasteiger partial charge in [0.05, 0.1) is 5.02 Å². The lowest BCUT2D eigenvalue weighted by Crippen LogP contribution is -1.91. The Kier molecular flexibility index (Phi) is 1.70. The summed E-state index contributed by atoms with van der Waals surface area (Å²) < 4.78 is 4.92. The van der Waals surface area contributed by atoms with Gasteiger partial charge in [0.25, 0.3) is 0 Å². The van der Waals surface area contributed by atoms with E-state index in [1.807, 2.05) is 0 Å². The summed E-state index contributed by atoms with van der Waals surface area (Å²) in [7, 11) is 0. The number of carbonyl (C=O) groups is 1. The number of hydrogen-bond donors (Lipinski definition) is 1. The van der Waals surface area contributed by atoms with Gasteiger partial charge in [-0.15, -0.1) is 0 Å². The molecule has 0 aliphatic heterocycles. The molecule has 0 spiro atoms. The molecule has 0 amide bonds. The van der Waals surface area contributed by atoms with Crippen molar-refractivity contribution in [1.82, 2.24) is 4.98 Å². The van der Waals surface area contributed by atoms with Gasteiger partial charge in [0.1, 0.15) is 0 Å². The molecule has 0 aliphatic rings. The lowest BCUT2D eigenvalue weighted by atomic mass is 10.3. The van der Waals surface area contributed by atoms with E-state index in [2.05, 4.69) is 4.98 Å². The van der Waals surface area contributed by atoms with Gasteiger partial charge in [0.15, 0.2) is 0 Å². The van der Waals surface area contributed by atoms with E-state index in [0.717, 1.165) is 0 Å². The van der Waals surface area contributed by atoms with Crippen molar-refractivity contribution in [3.05, 3.63) is 29.1 Å². The smallest absolute Gasteiger partial charge is 0.371 e.